The highest BCUT2D eigenvalue weighted by molar-refractivity contribution is 5.83. The Hall–Kier alpha value is -3.14. The van der Waals surface area contributed by atoms with Crippen LogP contribution in [0.1, 0.15) is 5.56 Å². The molecule has 4 N–H and O–H groups in total. The van der Waals surface area contributed by atoms with E-state index in [2.05, 4.69) is 15.0 Å². The minimum atomic E-state index is 0.0395. The molecule has 20 heavy (non-hydrogen) atoms. The number of nitrogens with zero attached hydrogens (tertiary/aromatic N) is 5. The van der Waals surface area contributed by atoms with E-state index in [1.54, 1.807) is 6.33 Å². The first kappa shape index (κ1) is 11.9. The molecule has 0 aliphatic rings. The largest absolute Gasteiger partial charge is 0.382 e. The molecule has 0 unspecified atom stereocenters. The molecular weight excluding hydrogens is 254 g/mol. The van der Waals surface area contributed by atoms with E-state index < -0.39 is 0 Å². The second-order valence-electron chi connectivity index (χ2n) is 4.36. The van der Waals surface area contributed by atoms with Gasteiger partial charge in [0.2, 0.25) is 5.95 Å². The summed E-state index contributed by atoms with van der Waals surface area (Å²) in [5.74, 6) is 0.119. The number of benzene rings is 1. The first-order valence-electron chi connectivity index (χ1n) is 5.84. The van der Waals surface area contributed by atoms with Gasteiger partial charge in [0.15, 0.2) is 0 Å². The number of hydrogen-bond donors (Lipinski definition) is 2. The number of imidazole rings is 1. The molecular formula is C13H11N7. The first-order valence-corrected chi connectivity index (χ1v) is 5.84. The van der Waals surface area contributed by atoms with Gasteiger partial charge in [0, 0.05) is 12.6 Å². The van der Waals surface area contributed by atoms with Gasteiger partial charge in [-0.3, -0.25) is 0 Å². The number of aromatic nitrogens is 4. The number of fused-ring (bicyclic) bond motifs is 1. The lowest BCUT2D eigenvalue weighted by Gasteiger charge is -2.06. The lowest BCUT2D eigenvalue weighted by molar-refractivity contribution is 0.948. The number of nitrogen functional groups attached to an aromatic ring is 2. The van der Waals surface area contributed by atoms with Gasteiger partial charge in [-0.15, -0.1) is 0 Å². The van der Waals surface area contributed by atoms with Crippen molar-refractivity contribution in [2.24, 2.45) is 7.05 Å². The summed E-state index contributed by atoms with van der Waals surface area (Å²) < 4.78 is 1.91. The maximum atomic E-state index is 9.20. The minimum Gasteiger partial charge on any atom is -0.382 e. The van der Waals surface area contributed by atoms with Crippen molar-refractivity contribution in [1.29, 1.82) is 5.26 Å². The standard InChI is InChI=1S/C13H11N7/c1-20-6-17-9-4-7(2-3-10(9)20)11-8(5-14)12(15)19-13(16)18-11/h2-4,6H,1H3,(H4,15,16,18,19). The van der Waals surface area contributed by atoms with Crippen molar-refractivity contribution in [1.82, 2.24) is 19.5 Å². The summed E-state index contributed by atoms with van der Waals surface area (Å²) in [6, 6.07) is 7.62. The van der Waals surface area contributed by atoms with Gasteiger partial charge in [0.25, 0.3) is 0 Å². The van der Waals surface area contributed by atoms with Crippen molar-refractivity contribution >= 4 is 22.8 Å². The maximum Gasteiger partial charge on any atom is 0.222 e. The van der Waals surface area contributed by atoms with E-state index in [4.69, 9.17) is 11.5 Å². The van der Waals surface area contributed by atoms with Crippen molar-refractivity contribution < 1.29 is 0 Å². The molecule has 0 aliphatic carbocycles. The Morgan fingerprint density at radius 1 is 1.25 bits per heavy atom. The fourth-order valence-electron chi connectivity index (χ4n) is 2.10. The van der Waals surface area contributed by atoms with Crippen LogP contribution in [0.2, 0.25) is 0 Å². The van der Waals surface area contributed by atoms with Crippen LogP contribution in [0.5, 0.6) is 0 Å². The van der Waals surface area contributed by atoms with Gasteiger partial charge in [0.05, 0.1) is 23.1 Å². The van der Waals surface area contributed by atoms with Crippen molar-refractivity contribution in [2.45, 2.75) is 0 Å². The lowest BCUT2D eigenvalue weighted by atomic mass is 10.1. The van der Waals surface area contributed by atoms with E-state index in [9.17, 15) is 5.26 Å². The Balaban J connectivity index is 2.28. The van der Waals surface area contributed by atoms with Crippen molar-refractivity contribution in [2.75, 3.05) is 11.5 Å². The third-order valence-corrected chi connectivity index (χ3v) is 3.06. The number of rotatable bonds is 1. The Morgan fingerprint density at radius 3 is 2.80 bits per heavy atom. The predicted molar refractivity (Wildman–Crippen MR) is 75.3 cm³/mol. The third-order valence-electron chi connectivity index (χ3n) is 3.06. The highest BCUT2D eigenvalue weighted by Crippen LogP contribution is 2.27. The maximum absolute atomic E-state index is 9.20. The second kappa shape index (κ2) is 4.20. The van der Waals surface area contributed by atoms with Crippen LogP contribution >= 0.6 is 0 Å². The number of nitriles is 1. The summed E-state index contributed by atoms with van der Waals surface area (Å²) in [5, 5.41) is 9.20. The summed E-state index contributed by atoms with van der Waals surface area (Å²) in [7, 11) is 1.91. The number of hydrogen-bond acceptors (Lipinski definition) is 6. The minimum absolute atomic E-state index is 0.0395. The zero-order chi connectivity index (χ0) is 14.3. The average molecular weight is 265 g/mol. The Kier molecular flexibility index (Phi) is 2.51. The van der Waals surface area contributed by atoms with Crippen LogP contribution in [0.4, 0.5) is 11.8 Å². The van der Waals surface area contributed by atoms with Crippen LogP contribution in [0.3, 0.4) is 0 Å². The summed E-state index contributed by atoms with van der Waals surface area (Å²) in [5.41, 5.74) is 14.5. The third kappa shape index (κ3) is 1.71. The summed E-state index contributed by atoms with van der Waals surface area (Å²) in [6.07, 6.45) is 1.72. The zero-order valence-electron chi connectivity index (χ0n) is 10.7. The van der Waals surface area contributed by atoms with Crippen molar-refractivity contribution in [3.05, 3.63) is 30.1 Å². The zero-order valence-corrected chi connectivity index (χ0v) is 10.7. The molecule has 2 aromatic heterocycles. The van der Waals surface area contributed by atoms with Crippen LogP contribution in [-0.4, -0.2) is 19.5 Å². The Labute approximate surface area is 114 Å². The predicted octanol–water partition coefficient (Wildman–Crippen LogP) is 1.07. The first-order chi connectivity index (χ1) is 9.60. The molecule has 0 atom stereocenters. The van der Waals surface area contributed by atoms with E-state index in [0.29, 0.717) is 5.69 Å². The fraction of sp³-hybridized carbons (Fsp3) is 0.0769. The molecule has 0 saturated heterocycles. The summed E-state index contributed by atoms with van der Waals surface area (Å²) in [4.78, 5) is 12.2. The van der Waals surface area contributed by atoms with Crippen LogP contribution in [0.25, 0.3) is 22.3 Å². The van der Waals surface area contributed by atoms with Crippen LogP contribution < -0.4 is 11.5 Å². The van der Waals surface area contributed by atoms with Crippen LogP contribution in [0, 0.1) is 11.3 Å². The van der Waals surface area contributed by atoms with Crippen LogP contribution in [0.15, 0.2) is 24.5 Å². The van der Waals surface area contributed by atoms with Crippen molar-refractivity contribution in [3.63, 3.8) is 0 Å². The molecule has 0 amide bonds. The van der Waals surface area contributed by atoms with Gasteiger partial charge >= 0.3 is 0 Å². The number of aryl methyl sites for hydroxylation is 1. The fourth-order valence-corrected chi connectivity index (χ4v) is 2.10. The van der Waals surface area contributed by atoms with Crippen molar-refractivity contribution in [3.8, 4) is 17.3 Å². The number of nitrogens with two attached hydrogens (primary N) is 2. The van der Waals surface area contributed by atoms with Crippen LogP contribution in [-0.2, 0) is 7.05 Å². The smallest absolute Gasteiger partial charge is 0.222 e. The molecule has 0 spiro atoms. The second-order valence-corrected chi connectivity index (χ2v) is 4.36. The van der Waals surface area contributed by atoms with Gasteiger partial charge < -0.3 is 16.0 Å². The Bertz CT molecular complexity index is 857. The molecule has 0 radical (unpaired) electrons. The molecule has 0 saturated carbocycles. The molecule has 7 nitrogen and oxygen atoms in total. The molecule has 1 aromatic carbocycles. The molecule has 0 aliphatic heterocycles. The van der Waals surface area contributed by atoms with E-state index >= 15 is 0 Å². The molecule has 0 fully saturated rings. The normalized spacial score (nSPS) is 10.6. The SMILES string of the molecule is Cn1cnc2cc(-c3nc(N)nc(N)c3C#N)ccc21. The molecule has 3 aromatic rings. The topological polar surface area (TPSA) is 119 Å². The summed E-state index contributed by atoms with van der Waals surface area (Å²) in [6.45, 7) is 0. The quantitative estimate of drug-likeness (QED) is 0.679. The lowest BCUT2D eigenvalue weighted by Crippen LogP contribution is -2.04. The monoisotopic (exact) mass is 265 g/mol. The van der Waals surface area contributed by atoms with Gasteiger partial charge in [-0.2, -0.15) is 10.2 Å². The van der Waals surface area contributed by atoms with Gasteiger partial charge in [0.1, 0.15) is 17.5 Å². The van der Waals surface area contributed by atoms with E-state index in [1.807, 2.05) is 35.9 Å². The molecule has 0 bridgehead atoms. The van der Waals surface area contributed by atoms with E-state index in [1.165, 1.54) is 0 Å². The highest BCUT2D eigenvalue weighted by atomic mass is 15.0. The Morgan fingerprint density at radius 2 is 2.05 bits per heavy atom. The molecule has 7 heteroatoms. The molecule has 3 rings (SSSR count). The average Bonchev–Trinajstić information content (AvgIpc) is 2.79. The van der Waals surface area contributed by atoms with E-state index in [-0.39, 0.29) is 17.3 Å². The van der Waals surface area contributed by atoms with Gasteiger partial charge in [-0.1, -0.05) is 6.07 Å². The summed E-state index contributed by atoms with van der Waals surface area (Å²) >= 11 is 0. The van der Waals surface area contributed by atoms with Gasteiger partial charge in [-0.25, -0.2) is 9.97 Å². The highest BCUT2D eigenvalue weighted by Gasteiger charge is 2.14. The molecule has 98 valence electrons. The van der Waals surface area contributed by atoms with E-state index in [0.717, 1.165) is 16.6 Å². The number of anilines is 2. The van der Waals surface area contributed by atoms with Gasteiger partial charge in [-0.05, 0) is 12.1 Å². The molecule has 2 heterocycles.